The molecule has 4 atom stereocenters. The summed E-state index contributed by atoms with van der Waals surface area (Å²) in [7, 11) is 3.40. The SMILES string of the molecule is COc1ccc(C2C(C(=O)N3C[C@H]4C[C@@H](C3)c3cccc(=O)n3C4)c3ccccc3C(=O)N2C)cc1. The van der Waals surface area contributed by atoms with E-state index in [2.05, 4.69) is 0 Å². The van der Waals surface area contributed by atoms with E-state index in [1.54, 1.807) is 25.1 Å². The second-order valence-corrected chi connectivity index (χ2v) is 10.1. The van der Waals surface area contributed by atoms with Crippen molar-refractivity contribution in [2.75, 3.05) is 27.2 Å². The van der Waals surface area contributed by atoms with Crippen molar-refractivity contribution in [1.29, 1.82) is 0 Å². The highest BCUT2D eigenvalue weighted by atomic mass is 16.5. The van der Waals surface area contributed by atoms with E-state index in [1.165, 1.54) is 0 Å². The fourth-order valence-corrected chi connectivity index (χ4v) is 6.43. The van der Waals surface area contributed by atoms with Crippen LogP contribution in [0.5, 0.6) is 5.75 Å². The molecular formula is C29H29N3O4. The average molecular weight is 484 g/mol. The zero-order chi connectivity index (χ0) is 25.0. The number of benzene rings is 2. The summed E-state index contributed by atoms with van der Waals surface area (Å²) in [6.45, 7) is 1.82. The van der Waals surface area contributed by atoms with Crippen LogP contribution in [0.15, 0.2) is 71.5 Å². The van der Waals surface area contributed by atoms with Crippen molar-refractivity contribution in [2.24, 2.45) is 5.92 Å². The van der Waals surface area contributed by atoms with E-state index in [1.807, 2.05) is 70.1 Å². The molecule has 2 unspecified atom stereocenters. The highest BCUT2D eigenvalue weighted by molar-refractivity contribution is 6.01. The lowest BCUT2D eigenvalue weighted by Crippen LogP contribution is -2.53. The first-order valence-electron chi connectivity index (χ1n) is 12.4. The molecule has 0 spiro atoms. The van der Waals surface area contributed by atoms with E-state index >= 15 is 0 Å². The van der Waals surface area contributed by atoms with Gasteiger partial charge in [-0.1, -0.05) is 36.4 Å². The molecule has 7 heteroatoms. The highest BCUT2D eigenvalue weighted by Gasteiger charge is 2.46. The second kappa shape index (κ2) is 8.66. The predicted molar refractivity (Wildman–Crippen MR) is 135 cm³/mol. The Balaban J connectivity index is 1.40. The zero-order valence-electron chi connectivity index (χ0n) is 20.5. The molecule has 2 bridgehead atoms. The number of piperidine rings is 1. The van der Waals surface area contributed by atoms with Gasteiger partial charge >= 0.3 is 0 Å². The van der Waals surface area contributed by atoms with Crippen molar-refractivity contribution in [3.8, 4) is 5.75 Å². The second-order valence-electron chi connectivity index (χ2n) is 10.1. The largest absolute Gasteiger partial charge is 0.497 e. The van der Waals surface area contributed by atoms with Crippen LogP contribution in [0.1, 0.15) is 51.5 Å². The lowest BCUT2D eigenvalue weighted by molar-refractivity contribution is -0.137. The van der Waals surface area contributed by atoms with Crippen LogP contribution >= 0.6 is 0 Å². The number of nitrogens with zero attached hydrogens (tertiary/aromatic N) is 3. The van der Waals surface area contributed by atoms with Gasteiger partial charge in [-0.15, -0.1) is 0 Å². The molecule has 36 heavy (non-hydrogen) atoms. The van der Waals surface area contributed by atoms with E-state index in [0.29, 0.717) is 25.2 Å². The Kier molecular flexibility index (Phi) is 5.43. The number of aromatic nitrogens is 1. The number of fused-ring (bicyclic) bond motifs is 5. The summed E-state index contributed by atoms with van der Waals surface area (Å²) < 4.78 is 7.21. The van der Waals surface area contributed by atoms with Crippen LogP contribution in [0.25, 0.3) is 0 Å². The number of likely N-dealkylation sites (tertiary alicyclic amines) is 1. The standard InChI is InChI=1S/C29H29N3O4/c1-30-27(19-10-12-21(36-2)13-11-19)26(22-6-3-4-7-23(22)28(30)34)29(35)31-15-18-14-20(17-31)24-8-5-9-25(33)32(24)16-18/h3-13,18,20,26-27H,14-17H2,1-2H3/t18-,20+,26?,27?/m1/s1. The van der Waals surface area contributed by atoms with E-state index < -0.39 is 12.0 Å². The number of amides is 2. The Morgan fingerprint density at radius 3 is 2.47 bits per heavy atom. The molecule has 3 aliphatic rings. The number of carbonyl (C=O) groups is 2. The molecular weight excluding hydrogens is 454 g/mol. The van der Waals surface area contributed by atoms with Crippen LogP contribution in [-0.2, 0) is 11.3 Å². The van der Waals surface area contributed by atoms with E-state index in [9.17, 15) is 14.4 Å². The Morgan fingerprint density at radius 2 is 1.69 bits per heavy atom. The maximum Gasteiger partial charge on any atom is 0.254 e. The van der Waals surface area contributed by atoms with Gasteiger partial charge in [0.15, 0.2) is 0 Å². The van der Waals surface area contributed by atoms with Crippen molar-refractivity contribution < 1.29 is 14.3 Å². The quantitative estimate of drug-likeness (QED) is 0.573. The third kappa shape index (κ3) is 3.53. The van der Waals surface area contributed by atoms with Crippen molar-refractivity contribution >= 4 is 11.8 Å². The number of likely N-dealkylation sites (N-methyl/N-ethyl adjacent to an activating group) is 1. The lowest BCUT2D eigenvalue weighted by atomic mass is 9.77. The smallest absolute Gasteiger partial charge is 0.254 e. The Hall–Kier alpha value is -3.87. The molecule has 184 valence electrons. The van der Waals surface area contributed by atoms with E-state index in [4.69, 9.17) is 4.74 Å². The minimum atomic E-state index is -0.519. The van der Waals surface area contributed by atoms with Crippen LogP contribution in [0.2, 0.25) is 0 Å². The summed E-state index contributed by atoms with van der Waals surface area (Å²) in [5, 5.41) is 0. The number of methoxy groups -OCH3 is 1. The molecule has 2 aromatic carbocycles. The van der Waals surface area contributed by atoms with Gasteiger partial charge < -0.3 is 19.1 Å². The van der Waals surface area contributed by atoms with Crippen molar-refractivity contribution in [1.82, 2.24) is 14.4 Å². The number of carbonyl (C=O) groups excluding carboxylic acids is 2. The van der Waals surface area contributed by atoms with Gasteiger partial charge in [0.1, 0.15) is 5.75 Å². The molecule has 7 nitrogen and oxygen atoms in total. The van der Waals surface area contributed by atoms with E-state index in [-0.39, 0.29) is 29.2 Å². The normalized spacial score (nSPS) is 24.7. The highest BCUT2D eigenvalue weighted by Crippen LogP contribution is 2.45. The van der Waals surface area contributed by atoms with Gasteiger partial charge in [-0.2, -0.15) is 0 Å². The Morgan fingerprint density at radius 1 is 0.917 bits per heavy atom. The van der Waals surface area contributed by atoms with Gasteiger partial charge in [0.25, 0.3) is 11.5 Å². The number of ether oxygens (including phenoxy) is 1. The molecule has 1 fully saturated rings. The summed E-state index contributed by atoms with van der Waals surface area (Å²) in [6.07, 6.45) is 0.981. The summed E-state index contributed by atoms with van der Waals surface area (Å²) in [5.74, 6) is 0.521. The Bertz CT molecular complexity index is 1400. The van der Waals surface area contributed by atoms with Crippen LogP contribution < -0.4 is 10.3 Å². The number of hydrogen-bond acceptors (Lipinski definition) is 4. The molecule has 1 aromatic heterocycles. The maximum absolute atomic E-state index is 14.4. The first-order valence-corrected chi connectivity index (χ1v) is 12.4. The molecule has 0 N–H and O–H groups in total. The molecule has 4 heterocycles. The molecule has 0 saturated carbocycles. The molecule has 6 rings (SSSR count). The monoisotopic (exact) mass is 483 g/mol. The third-order valence-corrected chi connectivity index (χ3v) is 8.09. The van der Waals surface area contributed by atoms with Crippen LogP contribution in [-0.4, -0.2) is 53.4 Å². The lowest BCUT2D eigenvalue weighted by Gasteiger charge is -2.46. The van der Waals surface area contributed by atoms with Gasteiger partial charge in [0, 0.05) is 49.9 Å². The van der Waals surface area contributed by atoms with Crippen molar-refractivity contribution in [3.63, 3.8) is 0 Å². The number of pyridine rings is 1. The Labute approximate surface area is 209 Å². The van der Waals surface area contributed by atoms with Gasteiger partial charge in [-0.3, -0.25) is 14.4 Å². The van der Waals surface area contributed by atoms with Crippen LogP contribution in [0.3, 0.4) is 0 Å². The van der Waals surface area contributed by atoms with E-state index in [0.717, 1.165) is 29.0 Å². The predicted octanol–water partition coefficient (Wildman–Crippen LogP) is 3.41. The first kappa shape index (κ1) is 22.6. The molecule has 1 saturated heterocycles. The van der Waals surface area contributed by atoms with Crippen LogP contribution in [0, 0.1) is 5.92 Å². The summed E-state index contributed by atoms with van der Waals surface area (Å²) >= 11 is 0. The summed E-state index contributed by atoms with van der Waals surface area (Å²) in [6, 6.07) is 20.1. The number of hydrogen-bond donors (Lipinski definition) is 0. The minimum absolute atomic E-state index is 0.0305. The minimum Gasteiger partial charge on any atom is -0.497 e. The zero-order valence-corrected chi connectivity index (χ0v) is 20.5. The van der Waals surface area contributed by atoms with Crippen molar-refractivity contribution in [2.45, 2.75) is 30.8 Å². The first-order chi connectivity index (χ1) is 17.5. The topological polar surface area (TPSA) is 71.8 Å². The average Bonchev–Trinajstić information content (AvgIpc) is 2.91. The molecule has 3 aromatic rings. The van der Waals surface area contributed by atoms with Gasteiger partial charge in [0.2, 0.25) is 5.91 Å². The third-order valence-electron chi connectivity index (χ3n) is 8.09. The van der Waals surface area contributed by atoms with Gasteiger partial charge in [-0.25, -0.2) is 0 Å². The molecule has 0 aliphatic carbocycles. The molecule has 2 amide bonds. The summed E-state index contributed by atoms with van der Waals surface area (Å²) in [4.78, 5) is 43.8. The summed E-state index contributed by atoms with van der Waals surface area (Å²) in [5.41, 5.74) is 3.30. The van der Waals surface area contributed by atoms with Gasteiger partial charge in [0.05, 0.1) is 19.1 Å². The number of rotatable bonds is 3. The molecule has 3 aliphatic heterocycles. The maximum atomic E-state index is 14.4. The van der Waals surface area contributed by atoms with Crippen molar-refractivity contribution in [3.05, 3.63) is 99.5 Å². The van der Waals surface area contributed by atoms with Crippen LogP contribution in [0.4, 0.5) is 0 Å². The fourth-order valence-electron chi connectivity index (χ4n) is 6.43. The van der Waals surface area contributed by atoms with Gasteiger partial charge in [-0.05, 0) is 47.7 Å². The fraction of sp³-hybridized carbons (Fsp3) is 0.345. The molecule has 0 radical (unpaired) electrons.